The zero-order chi connectivity index (χ0) is 11.8. The largest absolute Gasteiger partial charge is 0.399 e. The van der Waals surface area contributed by atoms with Gasteiger partial charge in [-0.05, 0) is 24.3 Å². The maximum atomic E-state index is 13.5. The van der Waals surface area contributed by atoms with E-state index in [4.69, 9.17) is 5.73 Å². The van der Waals surface area contributed by atoms with Crippen molar-refractivity contribution in [3.05, 3.63) is 42.5 Å². The number of nitrogens with zero attached hydrogens (tertiary/aromatic N) is 2. The predicted molar refractivity (Wildman–Crippen MR) is 63.7 cm³/mol. The second-order valence-electron chi connectivity index (χ2n) is 3.72. The van der Waals surface area contributed by atoms with Gasteiger partial charge in [0.25, 0.3) is 0 Å². The molecule has 0 spiro atoms. The molecule has 2 heterocycles. The zero-order valence-corrected chi connectivity index (χ0v) is 8.81. The number of rotatable bonds is 1. The molecule has 0 radical (unpaired) electrons. The first-order chi connectivity index (χ1) is 8.24. The van der Waals surface area contributed by atoms with Crippen LogP contribution in [0.1, 0.15) is 0 Å². The highest BCUT2D eigenvalue weighted by Gasteiger charge is 2.09. The molecule has 0 aliphatic heterocycles. The van der Waals surface area contributed by atoms with Gasteiger partial charge in [-0.15, -0.1) is 0 Å². The molecule has 0 amide bonds. The van der Waals surface area contributed by atoms with Crippen LogP contribution in [0.4, 0.5) is 10.1 Å². The van der Waals surface area contributed by atoms with Crippen LogP contribution in [0.5, 0.6) is 0 Å². The van der Waals surface area contributed by atoms with Gasteiger partial charge in [0.1, 0.15) is 5.82 Å². The first kappa shape index (κ1) is 9.77. The number of imidazole rings is 1. The molecule has 2 aromatic heterocycles. The predicted octanol–water partition coefficient (Wildman–Crippen LogP) is 2.35. The molecule has 3 N–H and O–H groups in total. The van der Waals surface area contributed by atoms with Crippen LogP contribution in [-0.4, -0.2) is 15.0 Å². The van der Waals surface area contributed by atoms with Gasteiger partial charge in [-0.1, -0.05) is 0 Å². The molecule has 0 aliphatic rings. The van der Waals surface area contributed by atoms with E-state index in [1.54, 1.807) is 24.3 Å². The number of nitrogens with one attached hydrogen (secondary N) is 1. The summed E-state index contributed by atoms with van der Waals surface area (Å²) in [6, 6.07) is 6.90. The van der Waals surface area contributed by atoms with Crippen molar-refractivity contribution in [3.63, 3.8) is 0 Å². The number of nitrogen functional groups attached to an aromatic ring is 1. The monoisotopic (exact) mass is 228 g/mol. The highest BCUT2D eigenvalue weighted by atomic mass is 19.1. The minimum atomic E-state index is -0.403. The van der Waals surface area contributed by atoms with E-state index >= 15 is 0 Å². The Hall–Kier alpha value is -2.43. The van der Waals surface area contributed by atoms with Gasteiger partial charge >= 0.3 is 0 Å². The summed E-state index contributed by atoms with van der Waals surface area (Å²) in [5.41, 5.74) is 8.25. The van der Waals surface area contributed by atoms with Crippen LogP contribution in [-0.2, 0) is 0 Å². The lowest BCUT2D eigenvalue weighted by Gasteiger charge is -1.96. The lowest BCUT2D eigenvalue weighted by Crippen LogP contribution is -1.86. The smallest absolute Gasteiger partial charge is 0.152 e. The van der Waals surface area contributed by atoms with Crippen LogP contribution in [0, 0.1) is 5.82 Å². The molecule has 3 aromatic rings. The zero-order valence-electron chi connectivity index (χ0n) is 8.81. The lowest BCUT2D eigenvalue weighted by molar-refractivity contribution is 0.624. The van der Waals surface area contributed by atoms with Gasteiger partial charge in [0.15, 0.2) is 5.82 Å². The van der Waals surface area contributed by atoms with E-state index in [0.29, 0.717) is 17.1 Å². The molecule has 0 aliphatic carbocycles. The standard InChI is InChI=1S/C12H9FN4/c13-9-6-15-4-3-8(9)12-16-10-2-1-7(14)5-11(10)17-12/h1-6H,14H2,(H,16,17). The second kappa shape index (κ2) is 3.55. The molecular weight excluding hydrogens is 219 g/mol. The van der Waals surface area contributed by atoms with E-state index in [-0.39, 0.29) is 0 Å². The number of pyridine rings is 1. The van der Waals surface area contributed by atoms with Gasteiger partial charge in [-0.25, -0.2) is 9.37 Å². The number of aromatic amines is 1. The number of nitrogens with two attached hydrogens (primary N) is 1. The summed E-state index contributed by atoms with van der Waals surface area (Å²) in [6.45, 7) is 0. The fraction of sp³-hybridized carbons (Fsp3) is 0. The normalized spacial score (nSPS) is 10.9. The van der Waals surface area contributed by atoms with Crippen LogP contribution in [0.25, 0.3) is 22.4 Å². The minimum Gasteiger partial charge on any atom is -0.399 e. The highest BCUT2D eigenvalue weighted by molar-refractivity contribution is 5.82. The molecule has 84 valence electrons. The Labute approximate surface area is 96.3 Å². The molecule has 5 heteroatoms. The first-order valence-corrected chi connectivity index (χ1v) is 5.09. The minimum absolute atomic E-state index is 0.398. The molecule has 0 saturated heterocycles. The number of halogens is 1. The number of H-pyrrole nitrogens is 1. The van der Waals surface area contributed by atoms with Gasteiger partial charge in [0, 0.05) is 11.9 Å². The summed E-state index contributed by atoms with van der Waals surface area (Å²) in [7, 11) is 0. The number of hydrogen-bond donors (Lipinski definition) is 2. The molecule has 0 bridgehead atoms. The average Bonchev–Trinajstić information content (AvgIpc) is 2.72. The summed E-state index contributed by atoms with van der Waals surface area (Å²) >= 11 is 0. The molecule has 3 rings (SSSR count). The summed E-state index contributed by atoms with van der Waals surface area (Å²) in [5, 5.41) is 0. The number of hydrogen-bond acceptors (Lipinski definition) is 3. The van der Waals surface area contributed by atoms with Crippen molar-refractivity contribution in [2.75, 3.05) is 5.73 Å². The van der Waals surface area contributed by atoms with E-state index in [0.717, 1.165) is 17.2 Å². The van der Waals surface area contributed by atoms with E-state index in [9.17, 15) is 4.39 Å². The lowest BCUT2D eigenvalue weighted by atomic mass is 10.2. The fourth-order valence-electron chi connectivity index (χ4n) is 1.72. The van der Waals surface area contributed by atoms with Crippen molar-refractivity contribution < 1.29 is 4.39 Å². The topological polar surface area (TPSA) is 67.6 Å². The van der Waals surface area contributed by atoms with Crippen molar-refractivity contribution in [2.24, 2.45) is 0 Å². The van der Waals surface area contributed by atoms with Crippen molar-refractivity contribution >= 4 is 16.7 Å². The molecule has 17 heavy (non-hydrogen) atoms. The Kier molecular flexibility index (Phi) is 2.04. The third kappa shape index (κ3) is 1.61. The van der Waals surface area contributed by atoms with Crippen LogP contribution in [0.3, 0.4) is 0 Å². The highest BCUT2D eigenvalue weighted by Crippen LogP contribution is 2.23. The molecule has 0 saturated carbocycles. The number of fused-ring (bicyclic) bond motifs is 1. The number of anilines is 1. The van der Waals surface area contributed by atoms with Crippen LogP contribution < -0.4 is 5.73 Å². The average molecular weight is 228 g/mol. The van der Waals surface area contributed by atoms with E-state index in [2.05, 4.69) is 15.0 Å². The summed E-state index contributed by atoms with van der Waals surface area (Å²) in [5.74, 6) is 0.0741. The van der Waals surface area contributed by atoms with E-state index in [1.807, 2.05) is 0 Å². The molecule has 0 fully saturated rings. The van der Waals surface area contributed by atoms with E-state index < -0.39 is 5.82 Å². The van der Waals surface area contributed by atoms with Crippen molar-refractivity contribution in [2.45, 2.75) is 0 Å². The van der Waals surface area contributed by atoms with Crippen molar-refractivity contribution in [1.82, 2.24) is 15.0 Å². The molecule has 1 aromatic carbocycles. The van der Waals surface area contributed by atoms with Gasteiger partial charge in [-0.2, -0.15) is 0 Å². The van der Waals surface area contributed by atoms with Gasteiger partial charge in [0.05, 0.1) is 22.8 Å². The van der Waals surface area contributed by atoms with Crippen molar-refractivity contribution in [1.29, 1.82) is 0 Å². The fourth-order valence-corrected chi connectivity index (χ4v) is 1.72. The summed E-state index contributed by atoms with van der Waals surface area (Å²) in [6.07, 6.45) is 2.69. The summed E-state index contributed by atoms with van der Waals surface area (Å²) < 4.78 is 13.5. The third-order valence-electron chi connectivity index (χ3n) is 2.53. The van der Waals surface area contributed by atoms with Gasteiger partial charge < -0.3 is 10.7 Å². The SMILES string of the molecule is Nc1ccc2nc(-c3ccncc3F)[nH]c2c1. The Morgan fingerprint density at radius 3 is 2.94 bits per heavy atom. The number of aromatic nitrogens is 3. The Balaban J connectivity index is 2.22. The summed E-state index contributed by atoms with van der Waals surface area (Å²) in [4.78, 5) is 11.0. The van der Waals surface area contributed by atoms with Crippen LogP contribution in [0.15, 0.2) is 36.7 Å². The van der Waals surface area contributed by atoms with Crippen molar-refractivity contribution in [3.8, 4) is 11.4 Å². The quantitative estimate of drug-likeness (QED) is 0.628. The van der Waals surface area contributed by atoms with E-state index in [1.165, 1.54) is 6.20 Å². The Morgan fingerprint density at radius 2 is 2.12 bits per heavy atom. The maximum absolute atomic E-state index is 13.5. The van der Waals surface area contributed by atoms with Crippen LogP contribution in [0.2, 0.25) is 0 Å². The van der Waals surface area contributed by atoms with Crippen LogP contribution >= 0.6 is 0 Å². The first-order valence-electron chi connectivity index (χ1n) is 5.09. The molecule has 0 unspecified atom stereocenters. The molecular formula is C12H9FN4. The molecule has 0 atom stereocenters. The van der Waals surface area contributed by atoms with Gasteiger partial charge in [-0.3, -0.25) is 4.98 Å². The maximum Gasteiger partial charge on any atom is 0.152 e. The number of benzene rings is 1. The Bertz CT molecular complexity index is 690. The Morgan fingerprint density at radius 1 is 1.24 bits per heavy atom. The third-order valence-corrected chi connectivity index (χ3v) is 2.53. The second-order valence-corrected chi connectivity index (χ2v) is 3.72. The van der Waals surface area contributed by atoms with Gasteiger partial charge in [0.2, 0.25) is 0 Å². The molecule has 4 nitrogen and oxygen atoms in total.